The lowest BCUT2D eigenvalue weighted by Crippen LogP contribution is -2.38. The van der Waals surface area contributed by atoms with E-state index < -0.39 is 14.6 Å². The third kappa shape index (κ3) is 5.75. The molecule has 0 radical (unpaired) electrons. The smallest absolute Gasteiger partial charge is 0.285 e. The van der Waals surface area contributed by atoms with Crippen LogP contribution < -0.4 is 19.9 Å². The van der Waals surface area contributed by atoms with Gasteiger partial charge in [-0.3, -0.25) is 14.8 Å². The fourth-order valence-corrected chi connectivity index (χ4v) is 3.62. The first-order valence-corrected chi connectivity index (χ1v) is 11.7. The van der Waals surface area contributed by atoms with Gasteiger partial charge in [-0.2, -0.15) is 0 Å². The van der Waals surface area contributed by atoms with Crippen LogP contribution in [0.3, 0.4) is 0 Å². The van der Waals surface area contributed by atoms with Crippen LogP contribution in [0.15, 0.2) is 58.1 Å². The number of phosphoric acid groups is 1. The number of anilines is 1. The zero-order valence-corrected chi connectivity index (χ0v) is 18.2. The summed E-state index contributed by atoms with van der Waals surface area (Å²) in [5.74, 6) is 1.08. The Hall–Kier alpha value is -3.15. The first kappa shape index (κ1) is 22.1. The highest BCUT2D eigenvalue weighted by Gasteiger charge is 2.18. The van der Waals surface area contributed by atoms with E-state index in [1.165, 1.54) is 22.1 Å². The Balaban J connectivity index is 1.41. The Morgan fingerprint density at radius 3 is 2.88 bits per heavy atom. The molecule has 3 N–H and O–H groups in total. The van der Waals surface area contributed by atoms with E-state index in [-0.39, 0.29) is 5.82 Å². The molecule has 4 rings (SSSR count). The number of thiazole rings is 1. The Bertz CT molecular complexity index is 1230. The second-order valence-corrected chi connectivity index (χ2v) is 8.55. The van der Waals surface area contributed by atoms with E-state index in [1.807, 2.05) is 11.4 Å². The summed E-state index contributed by atoms with van der Waals surface area (Å²) in [6.45, 7) is -0.114. The molecule has 0 saturated heterocycles. The molecule has 0 aliphatic heterocycles. The summed E-state index contributed by atoms with van der Waals surface area (Å²) in [7, 11) is -4.87. The van der Waals surface area contributed by atoms with Crippen LogP contribution in [0.2, 0.25) is 0 Å². The van der Waals surface area contributed by atoms with Gasteiger partial charge in [-0.15, -0.1) is 11.3 Å². The fraction of sp³-hybridized carbons (Fsp3) is 0.158. The third-order valence-corrected chi connectivity index (χ3v) is 5.41. The summed E-state index contributed by atoms with van der Waals surface area (Å²) in [6.07, 6.45) is 3.68. The lowest BCUT2D eigenvalue weighted by molar-refractivity contribution is -0.712. The van der Waals surface area contributed by atoms with Crippen molar-refractivity contribution in [2.45, 2.75) is 19.8 Å². The van der Waals surface area contributed by atoms with E-state index >= 15 is 0 Å². The molecule has 0 fully saturated rings. The maximum Gasteiger partial charge on any atom is 0.285 e. The van der Waals surface area contributed by atoms with Gasteiger partial charge in [-0.05, 0) is 17.7 Å². The van der Waals surface area contributed by atoms with Gasteiger partial charge >= 0.3 is 0 Å². The van der Waals surface area contributed by atoms with Gasteiger partial charge < -0.3 is 19.0 Å². The first-order valence-electron chi connectivity index (χ1n) is 9.24. The van der Waals surface area contributed by atoms with Crippen molar-refractivity contribution in [3.63, 3.8) is 0 Å². The average Bonchev–Trinajstić information content (AvgIpc) is 3.44. The number of hydrogen-bond donors (Lipinski definition) is 2. The lowest BCUT2D eigenvalue weighted by Gasteiger charge is -2.14. The van der Waals surface area contributed by atoms with Gasteiger partial charge in [0, 0.05) is 30.1 Å². The molecular formula is C19H18N5O6PS. The average molecular weight is 475 g/mol. The zero-order valence-electron chi connectivity index (χ0n) is 16.5. The van der Waals surface area contributed by atoms with Crippen molar-refractivity contribution in [1.29, 1.82) is 0 Å². The summed E-state index contributed by atoms with van der Waals surface area (Å²) in [5, 5.41) is 5.98. The Morgan fingerprint density at radius 2 is 2.16 bits per heavy atom. The van der Waals surface area contributed by atoms with Crippen LogP contribution in [-0.4, -0.2) is 20.0 Å². The van der Waals surface area contributed by atoms with E-state index in [0.717, 1.165) is 11.3 Å². The fourth-order valence-electron chi connectivity index (χ4n) is 2.81. The predicted molar refractivity (Wildman–Crippen MR) is 111 cm³/mol. The number of nitrogens with zero attached hydrogens (tertiary/aromatic N) is 4. The highest BCUT2D eigenvalue weighted by molar-refractivity contribution is 7.44. The minimum Gasteiger partial charge on any atom is -0.756 e. The number of pyridine rings is 2. The van der Waals surface area contributed by atoms with Crippen molar-refractivity contribution in [3.8, 4) is 17.2 Å². The van der Waals surface area contributed by atoms with Crippen molar-refractivity contribution in [2.75, 3.05) is 5.73 Å². The molecule has 11 nitrogen and oxygen atoms in total. The molecular weight excluding hydrogens is 457 g/mol. The molecule has 0 spiro atoms. The topological polar surface area (TPSA) is 161 Å². The van der Waals surface area contributed by atoms with Crippen LogP contribution in [0.25, 0.3) is 11.3 Å². The summed E-state index contributed by atoms with van der Waals surface area (Å²) in [6, 6.07) is 8.72. The summed E-state index contributed by atoms with van der Waals surface area (Å²) < 4.78 is 27.5. The number of aromatic nitrogens is 4. The molecule has 1 atom stereocenters. The highest BCUT2D eigenvalue weighted by Crippen LogP contribution is 2.30. The molecule has 0 aliphatic rings. The molecule has 32 heavy (non-hydrogen) atoms. The highest BCUT2D eigenvalue weighted by atomic mass is 32.1. The van der Waals surface area contributed by atoms with Crippen LogP contribution in [0.5, 0.6) is 5.88 Å². The van der Waals surface area contributed by atoms with E-state index in [1.54, 1.807) is 36.0 Å². The maximum absolute atomic E-state index is 10.8. The second kappa shape index (κ2) is 9.55. The summed E-state index contributed by atoms with van der Waals surface area (Å²) in [4.78, 5) is 28.0. The van der Waals surface area contributed by atoms with Crippen LogP contribution in [0.1, 0.15) is 17.0 Å². The van der Waals surface area contributed by atoms with E-state index in [4.69, 9.17) is 19.9 Å². The number of hydrogen-bond acceptors (Lipinski definition) is 10. The van der Waals surface area contributed by atoms with Gasteiger partial charge in [0.05, 0.1) is 23.1 Å². The molecule has 4 heterocycles. The first-order chi connectivity index (χ1) is 15.4. The van der Waals surface area contributed by atoms with Gasteiger partial charge in [-0.1, -0.05) is 11.2 Å². The molecule has 1 unspecified atom stereocenters. The monoisotopic (exact) mass is 475 g/mol. The lowest BCUT2D eigenvalue weighted by atomic mass is 10.1. The normalized spacial score (nSPS) is 13.1. The third-order valence-electron chi connectivity index (χ3n) is 4.33. The summed E-state index contributed by atoms with van der Waals surface area (Å²) >= 11 is 1.51. The molecule has 0 aliphatic carbocycles. The predicted octanol–water partition coefficient (Wildman–Crippen LogP) is 1.67. The molecule has 4 aromatic heterocycles. The van der Waals surface area contributed by atoms with E-state index in [2.05, 4.69) is 19.6 Å². The quantitative estimate of drug-likeness (QED) is 0.269. The zero-order chi connectivity index (χ0) is 22.6. The van der Waals surface area contributed by atoms with Crippen molar-refractivity contribution in [3.05, 3.63) is 70.6 Å². The van der Waals surface area contributed by atoms with Crippen molar-refractivity contribution >= 4 is 25.0 Å². The Morgan fingerprint density at radius 1 is 1.28 bits per heavy atom. The van der Waals surface area contributed by atoms with Gasteiger partial charge in [0.1, 0.15) is 12.2 Å². The number of nitrogen functional groups attached to an aromatic ring is 1. The standard InChI is InChI=1S/C19H18N5O6PS/c20-19-16(2-1-5-24(19)12-29-31(25,26)27)17-7-14(23-30-17)6-13-3-4-18(21-8-13)28-9-15-10-32-11-22-15/h1-5,7-8,10-11,20H,6,9,12H2,(H2,25,26,27). The molecule has 166 valence electrons. The van der Waals surface area contributed by atoms with Crippen LogP contribution in [0.4, 0.5) is 5.82 Å². The van der Waals surface area contributed by atoms with Gasteiger partial charge in [0.15, 0.2) is 12.5 Å². The minimum atomic E-state index is -4.87. The van der Waals surface area contributed by atoms with Crippen LogP contribution in [-0.2, 0) is 28.8 Å². The number of ether oxygens (including phenoxy) is 1. The number of phosphoric ester groups is 1. The van der Waals surface area contributed by atoms with E-state index in [9.17, 15) is 9.46 Å². The number of nitrogens with two attached hydrogens (primary N) is 1. The maximum atomic E-state index is 10.8. The molecule has 0 aromatic carbocycles. The Labute approximate surface area is 186 Å². The van der Waals surface area contributed by atoms with Gasteiger partial charge in [0.25, 0.3) is 13.6 Å². The SMILES string of the molecule is Nc1c(-c2cc(Cc3ccc(OCc4cscn4)nc3)no2)ccc[n+]1COP(=O)([O-])O. The van der Waals surface area contributed by atoms with Crippen LogP contribution >= 0.6 is 19.2 Å². The minimum absolute atomic E-state index is 0.187. The number of rotatable bonds is 9. The van der Waals surface area contributed by atoms with Crippen molar-refractivity contribution in [2.24, 2.45) is 0 Å². The molecule has 0 bridgehead atoms. The van der Waals surface area contributed by atoms with Crippen LogP contribution in [0, 0.1) is 0 Å². The van der Waals surface area contributed by atoms with E-state index in [0.29, 0.717) is 35.9 Å². The molecule has 13 heteroatoms. The largest absolute Gasteiger partial charge is 0.756 e. The molecule has 0 saturated carbocycles. The summed E-state index contributed by atoms with van der Waals surface area (Å²) in [5.41, 5.74) is 10.7. The van der Waals surface area contributed by atoms with Crippen molar-refractivity contribution < 1.29 is 32.7 Å². The van der Waals surface area contributed by atoms with Gasteiger partial charge in [-0.25, -0.2) is 14.5 Å². The van der Waals surface area contributed by atoms with Crippen molar-refractivity contribution in [1.82, 2.24) is 15.1 Å². The molecule has 4 aromatic rings. The van der Waals surface area contributed by atoms with Gasteiger partial charge in [0.2, 0.25) is 5.88 Å². The Kier molecular flexibility index (Phi) is 6.58. The second-order valence-electron chi connectivity index (χ2n) is 6.64. The molecule has 0 amide bonds.